The van der Waals surface area contributed by atoms with Crippen LogP contribution in [-0.2, 0) is 0 Å². The Hall–Kier alpha value is -1.66. The molecule has 0 saturated heterocycles. The number of hydrogen-bond acceptors (Lipinski definition) is 4. The van der Waals surface area contributed by atoms with Gasteiger partial charge in [0.05, 0.1) is 26.7 Å². The van der Waals surface area contributed by atoms with Gasteiger partial charge in [-0.2, -0.15) is 0 Å². The number of carboxylic acid groups (broad SMARTS) is 1. The summed E-state index contributed by atoms with van der Waals surface area (Å²) in [6, 6.07) is 1.56. The monoisotopic (exact) mass is 264 g/mol. The third kappa shape index (κ3) is 6.49. The van der Waals surface area contributed by atoms with Crippen molar-refractivity contribution < 1.29 is 42.5 Å². The first-order chi connectivity index (χ1) is 7.25. The molecule has 0 fully saturated rings. The van der Waals surface area contributed by atoms with Gasteiger partial charge >= 0.3 is 5.97 Å². The number of benzene rings is 1. The van der Waals surface area contributed by atoms with Crippen molar-refractivity contribution in [2.24, 2.45) is 0 Å². The molecule has 0 heterocycles. The number of aromatic hydroxyl groups is 2. The summed E-state index contributed by atoms with van der Waals surface area (Å²) in [5.74, 6) is -3.83. The highest BCUT2D eigenvalue weighted by Gasteiger charge is 2.07. The van der Waals surface area contributed by atoms with Crippen molar-refractivity contribution in [2.45, 2.75) is 0 Å². The smallest absolute Gasteiger partial charge is 0.335 e. The van der Waals surface area contributed by atoms with Crippen molar-refractivity contribution in [1.29, 1.82) is 0 Å². The predicted molar refractivity (Wildman–Crippen MR) is 54.9 cm³/mol. The highest BCUT2D eigenvalue weighted by atomic mass is 35.5. The Morgan fingerprint density at radius 3 is 1.71 bits per heavy atom. The lowest BCUT2D eigenvalue weighted by Crippen LogP contribution is -3.02. The SMILES string of the molecule is C[NH+](C)C.O=C(O)c1cc(O)c([O-])c(O)c1.[Cl-]. The van der Waals surface area contributed by atoms with Crippen LogP contribution in [0.5, 0.6) is 17.2 Å². The molecule has 0 aliphatic heterocycles. The second-order valence-corrected chi connectivity index (χ2v) is 3.65. The highest BCUT2D eigenvalue weighted by molar-refractivity contribution is 5.89. The molecule has 0 radical (unpaired) electrons. The quantitative estimate of drug-likeness (QED) is 0.410. The lowest BCUT2D eigenvalue weighted by atomic mass is 10.2. The molecule has 17 heavy (non-hydrogen) atoms. The lowest BCUT2D eigenvalue weighted by molar-refractivity contribution is -0.836. The number of rotatable bonds is 1. The van der Waals surface area contributed by atoms with Gasteiger partial charge in [0.1, 0.15) is 11.5 Å². The van der Waals surface area contributed by atoms with E-state index in [1.165, 1.54) is 4.90 Å². The standard InChI is InChI=1S/C7H6O5.C3H9N.ClH/c8-4-1-3(7(11)12)2-5(9)6(4)10;1-4(2)3;/h1-2,8-10H,(H,11,12);1-3H3;1H/p-1. The van der Waals surface area contributed by atoms with E-state index in [-0.39, 0.29) is 18.0 Å². The average Bonchev–Trinajstić information content (AvgIpc) is 2.12. The van der Waals surface area contributed by atoms with Gasteiger partial charge in [-0.05, 0) is 17.9 Å². The molecule has 1 rings (SSSR count). The highest BCUT2D eigenvalue weighted by Crippen LogP contribution is 2.32. The van der Waals surface area contributed by atoms with Gasteiger partial charge in [0.25, 0.3) is 0 Å². The van der Waals surface area contributed by atoms with Crippen molar-refractivity contribution in [3.05, 3.63) is 17.7 Å². The third-order valence-electron chi connectivity index (χ3n) is 1.30. The number of aromatic carboxylic acids is 1. The van der Waals surface area contributed by atoms with Crippen molar-refractivity contribution in [3.63, 3.8) is 0 Å². The fourth-order valence-electron chi connectivity index (χ4n) is 0.722. The maximum Gasteiger partial charge on any atom is 0.335 e. The number of quaternary nitrogens is 1. The summed E-state index contributed by atoms with van der Waals surface area (Å²) < 4.78 is 0. The molecule has 0 amide bonds. The van der Waals surface area contributed by atoms with E-state index in [1.807, 2.05) is 0 Å². The topological polar surface area (TPSA) is 105 Å². The van der Waals surface area contributed by atoms with E-state index in [1.54, 1.807) is 0 Å². The molecule has 0 aromatic heterocycles. The van der Waals surface area contributed by atoms with Crippen LogP contribution in [0.1, 0.15) is 10.4 Å². The first-order valence-corrected chi connectivity index (χ1v) is 4.48. The number of carboxylic acids is 1. The van der Waals surface area contributed by atoms with Gasteiger partial charge in [-0.25, -0.2) is 4.79 Å². The summed E-state index contributed by atoms with van der Waals surface area (Å²) in [5, 5.41) is 36.6. The van der Waals surface area contributed by atoms with Gasteiger partial charge in [0, 0.05) is 0 Å². The van der Waals surface area contributed by atoms with E-state index < -0.39 is 23.2 Å². The van der Waals surface area contributed by atoms with Gasteiger partial charge in [0.15, 0.2) is 0 Å². The summed E-state index contributed by atoms with van der Waals surface area (Å²) in [5.41, 5.74) is -0.329. The van der Waals surface area contributed by atoms with Crippen LogP contribution in [0.25, 0.3) is 0 Å². The van der Waals surface area contributed by atoms with Gasteiger partial charge in [-0.15, -0.1) is 0 Å². The summed E-state index contributed by atoms with van der Waals surface area (Å²) in [7, 11) is 6.25. The molecule has 0 aliphatic rings. The van der Waals surface area contributed by atoms with Crippen LogP contribution < -0.4 is 22.4 Å². The van der Waals surface area contributed by atoms with E-state index in [2.05, 4.69) is 21.1 Å². The first kappa shape index (κ1) is 17.7. The fraction of sp³-hybridized carbons (Fsp3) is 0.300. The van der Waals surface area contributed by atoms with Crippen molar-refractivity contribution in [2.75, 3.05) is 21.1 Å². The molecule has 4 N–H and O–H groups in total. The third-order valence-corrected chi connectivity index (χ3v) is 1.30. The molecule has 0 aliphatic carbocycles. The Labute approximate surface area is 105 Å². The van der Waals surface area contributed by atoms with E-state index >= 15 is 0 Å². The predicted octanol–water partition coefficient (Wildman–Crippen LogP) is -4.37. The molecule has 1 aromatic rings. The van der Waals surface area contributed by atoms with E-state index in [4.69, 9.17) is 15.3 Å². The second-order valence-electron chi connectivity index (χ2n) is 3.65. The first-order valence-electron chi connectivity index (χ1n) is 4.48. The molecular formula is C10H15ClNO5-. The van der Waals surface area contributed by atoms with Crippen molar-refractivity contribution >= 4 is 5.97 Å². The summed E-state index contributed by atoms with van der Waals surface area (Å²) in [4.78, 5) is 11.7. The molecule has 0 atom stereocenters. The van der Waals surface area contributed by atoms with Gasteiger partial charge in [-0.3, -0.25) is 0 Å². The zero-order valence-corrected chi connectivity index (χ0v) is 10.4. The van der Waals surface area contributed by atoms with Crippen LogP contribution >= 0.6 is 0 Å². The van der Waals surface area contributed by atoms with E-state index in [0.717, 1.165) is 12.1 Å². The Morgan fingerprint density at radius 2 is 1.47 bits per heavy atom. The summed E-state index contributed by atoms with van der Waals surface area (Å²) >= 11 is 0. The second kappa shape index (κ2) is 7.59. The van der Waals surface area contributed by atoms with Crippen LogP contribution in [0.3, 0.4) is 0 Å². The minimum absolute atomic E-state index is 0. The minimum atomic E-state index is -1.32. The van der Waals surface area contributed by atoms with Crippen molar-refractivity contribution in [1.82, 2.24) is 0 Å². The molecule has 0 unspecified atom stereocenters. The van der Waals surface area contributed by atoms with Crippen molar-refractivity contribution in [3.8, 4) is 17.2 Å². The number of phenolic OH excluding ortho intramolecular Hbond substituents is 2. The number of carbonyl (C=O) groups is 1. The lowest BCUT2D eigenvalue weighted by Gasteiger charge is -2.10. The largest absolute Gasteiger partial charge is 1.00 e. The van der Waals surface area contributed by atoms with E-state index in [9.17, 15) is 9.90 Å². The molecule has 0 saturated carbocycles. The normalized spacial score (nSPS) is 8.94. The summed E-state index contributed by atoms with van der Waals surface area (Å²) in [6.07, 6.45) is 0. The molecule has 98 valence electrons. The Morgan fingerprint density at radius 1 is 1.18 bits per heavy atom. The number of phenols is 2. The van der Waals surface area contributed by atoms with Gasteiger partial charge in [0.2, 0.25) is 0 Å². The zero-order chi connectivity index (χ0) is 12.9. The van der Waals surface area contributed by atoms with Crippen LogP contribution in [0.4, 0.5) is 0 Å². The van der Waals surface area contributed by atoms with Crippen LogP contribution in [0.2, 0.25) is 0 Å². The molecule has 1 aromatic carbocycles. The molecule has 0 bridgehead atoms. The Bertz CT molecular complexity index is 355. The Balaban J connectivity index is 0. The molecule has 0 spiro atoms. The zero-order valence-electron chi connectivity index (χ0n) is 9.69. The molecular weight excluding hydrogens is 250 g/mol. The van der Waals surface area contributed by atoms with Crippen LogP contribution in [0, 0.1) is 0 Å². The average molecular weight is 265 g/mol. The minimum Gasteiger partial charge on any atom is -1.00 e. The number of halogens is 1. The van der Waals surface area contributed by atoms with Crippen LogP contribution in [0.15, 0.2) is 12.1 Å². The number of hydrogen-bond donors (Lipinski definition) is 4. The maximum atomic E-state index is 10.7. The van der Waals surface area contributed by atoms with E-state index in [0.29, 0.717) is 0 Å². The fourth-order valence-corrected chi connectivity index (χ4v) is 0.722. The number of nitrogens with one attached hydrogen (secondary N) is 1. The van der Waals surface area contributed by atoms with Gasteiger partial charge in [-0.1, -0.05) is 0 Å². The molecule has 7 heteroatoms. The maximum absolute atomic E-state index is 10.7. The molecule has 6 nitrogen and oxygen atoms in total. The van der Waals surface area contributed by atoms with Crippen LogP contribution in [-0.4, -0.2) is 42.4 Å². The summed E-state index contributed by atoms with van der Waals surface area (Å²) in [6.45, 7) is 0. The van der Waals surface area contributed by atoms with Gasteiger partial charge < -0.3 is 37.7 Å². The Kier molecular flexibility index (Phi) is 7.91.